The summed E-state index contributed by atoms with van der Waals surface area (Å²) in [4.78, 5) is 36.7. The Morgan fingerprint density at radius 2 is 1.91 bits per heavy atom. The zero-order chi connectivity index (χ0) is 17.2. The fourth-order valence-electron chi connectivity index (χ4n) is 2.09. The van der Waals surface area contributed by atoms with Crippen LogP contribution in [0.1, 0.15) is 18.9 Å². The van der Waals surface area contributed by atoms with Crippen molar-refractivity contribution in [2.45, 2.75) is 25.9 Å². The van der Waals surface area contributed by atoms with Crippen LogP contribution < -0.4 is 0 Å². The van der Waals surface area contributed by atoms with Crippen LogP contribution in [0.5, 0.6) is 0 Å². The number of esters is 1. The van der Waals surface area contributed by atoms with Gasteiger partial charge in [-0.05, 0) is 31.1 Å². The van der Waals surface area contributed by atoms with Gasteiger partial charge in [0.2, 0.25) is 5.91 Å². The molecule has 0 heterocycles. The molecule has 0 aliphatic rings. The molecule has 0 bridgehead atoms. The number of hydrogen-bond donors (Lipinski definition) is 0. The van der Waals surface area contributed by atoms with E-state index in [1.54, 1.807) is 6.08 Å². The first-order valence-corrected chi connectivity index (χ1v) is 7.21. The average Bonchev–Trinajstić information content (AvgIpc) is 2.56. The Kier molecular flexibility index (Phi) is 7.47. The molecule has 23 heavy (non-hydrogen) atoms. The molecule has 1 aromatic rings. The number of amides is 1. The summed E-state index contributed by atoms with van der Waals surface area (Å²) in [6.07, 6.45) is 4.29. The fourth-order valence-corrected chi connectivity index (χ4v) is 2.09. The van der Waals surface area contributed by atoms with Gasteiger partial charge in [-0.2, -0.15) is 0 Å². The zero-order valence-corrected chi connectivity index (χ0v) is 13.4. The maximum absolute atomic E-state index is 12.2. The maximum Gasteiger partial charge on any atom is 0.328 e. The summed E-state index contributed by atoms with van der Waals surface area (Å²) < 4.78 is 4.80. The van der Waals surface area contributed by atoms with Crippen molar-refractivity contribution in [1.29, 1.82) is 0 Å². The number of carbonyl (C=O) groups excluding carboxylic acids is 3. The van der Waals surface area contributed by atoms with Crippen molar-refractivity contribution >= 4 is 17.7 Å². The predicted molar refractivity (Wildman–Crippen MR) is 87.4 cm³/mol. The van der Waals surface area contributed by atoms with Gasteiger partial charge in [0.25, 0.3) is 0 Å². The molecule has 0 saturated carbocycles. The molecule has 1 atom stereocenters. The minimum atomic E-state index is -0.818. The Bertz CT molecular complexity index is 592. The quantitative estimate of drug-likeness (QED) is 0.545. The van der Waals surface area contributed by atoms with E-state index in [1.165, 1.54) is 25.0 Å². The van der Waals surface area contributed by atoms with Crippen molar-refractivity contribution in [2.75, 3.05) is 7.11 Å². The molecular formula is C18H21NO4. The number of benzene rings is 1. The van der Waals surface area contributed by atoms with Gasteiger partial charge in [-0.25, -0.2) is 4.79 Å². The predicted octanol–water partition coefficient (Wildman–Crippen LogP) is 2.28. The zero-order valence-electron chi connectivity index (χ0n) is 13.4. The lowest BCUT2D eigenvalue weighted by Gasteiger charge is -2.28. The lowest BCUT2D eigenvalue weighted by molar-refractivity contribution is -0.151. The molecule has 0 aliphatic heterocycles. The van der Waals surface area contributed by atoms with E-state index in [9.17, 15) is 14.4 Å². The highest BCUT2D eigenvalue weighted by Crippen LogP contribution is 2.14. The van der Waals surface area contributed by atoms with Crippen LogP contribution in [0.25, 0.3) is 0 Å². The van der Waals surface area contributed by atoms with Crippen LogP contribution in [0, 0.1) is 0 Å². The second-order valence-corrected chi connectivity index (χ2v) is 4.94. The van der Waals surface area contributed by atoms with E-state index >= 15 is 0 Å². The monoisotopic (exact) mass is 315 g/mol. The SMILES string of the molecule is C=CC(=O)N(Cc1ccccc1)[C@@H](C/C=C/C(C)=O)C(=O)OC. The molecule has 5 heteroatoms. The lowest BCUT2D eigenvalue weighted by Crippen LogP contribution is -2.44. The number of nitrogens with zero attached hydrogens (tertiary/aromatic N) is 1. The Hall–Kier alpha value is -2.69. The van der Waals surface area contributed by atoms with Crippen LogP contribution in [0.2, 0.25) is 0 Å². The molecule has 0 radical (unpaired) electrons. The van der Waals surface area contributed by atoms with Gasteiger partial charge >= 0.3 is 5.97 Å². The summed E-state index contributed by atoms with van der Waals surface area (Å²) in [5.74, 6) is -1.04. The third-order valence-corrected chi connectivity index (χ3v) is 3.21. The van der Waals surface area contributed by atoms with Crippen LogP contribution >= 0.6 is 0 Å². The van der Waals surface area contributed by atoms with E-state index in [0.29, 0.717) is 0 Å². The molecule has 0 N–H and O–H groups in total. The third-order valence-electron chi connectivity index (χ3n) is 3.21. The van der Waals surface area contributed by atoms with Crippen molar-refractivity contribution < 1.29 is 19.1 Å². The number of rotatable bonds is 8. The number of methoxy groups -OCH3 is 1. The van der Waals surface area contributed by atoms with Gasteiger partial charge < -0.3 is 9.64 Å². The highest BCUT2D eigenvalue weighted by molar-refractivity contribution is 5.91. The largest absolute Gasteiger partial charge is 0.467 e. The smallest absolute Gasteiger partial charge is 0.328 e. The van der Waals surface area contributed by atoms with Gasteiger partial charge in [0.15, 0.2) is 5.78 Å². The van der Waals surface area contributed by atoms with Crippen molar-refractivity contribution in [2.24, 2.45) is 0 Å². The van der Waals surface area contributed by atoms with E-state index in [1.807, 2.05) is 30.3 Å². The molecular weight excluding hydrogens is 294 g/mol. The van der Waals surface area contributed by atoms with Gasteiger partial charge in [-0.3, -0.25) is 9.59 Å². The molecule has 1 amide bonds. The Balaban J connectivity index is 3.05. The molecule has 0 fully saturated rings. The first-order chi connectivity index (χ1) is 11.0. The minimum Gasteiger partial charge on any atom is -0.467 e. The fraction of sp³-hybridized carbons (Fsp3) is 0.278. The molecule has 0 aromatic heterocycles. The van der Waals surface area contributed by atoms with Crippen LogP contribution in [0.3, 0.4) is 0 Å². The minimum absolute atomic E-state index is 0.127. The van der Waals surface area contributed by atoms with Crippen molar-refractivity contribution in [3.05, 3.63) is 60.7 Å². The average molecular weight is 315 g/mol. The topological polar surface area (TPSA) is 63.7 Å². The van der Waals surface area contributed by atoms with Gasteiger partial charge in [0, 0.05) is 6.54 Å². The first kappa shape index (κ1) is 18.4. The van der Waals surface area contributed by atoms with E-state index in [4.69, 9.17) is 4.74 Å². The first-order valence-electron chi connectivity index (χ1n) is 7.21. The second kappa shape index (κ2) is 9.35. The number of carbonyl (C=O) groups is 3. The summed E-state index contributed by atoms with van der Waals surface area (Å²) in [6, 6.07) is 8.49. The van der Waals surface area contributed by atoms with Crippen LogP contribution in [-0.4, -0.2) is 35.7 Å². The van der Waals surface area contributed by atoms with Crippen LogP contribution in [-0.2, 0) is 25.7 Å². The van der Waals surface area contributed by atoms with Gasteiger partial charge in [-0.1, -0.05) is 43.0 Å². The lowest BCUT2D eigenvalue weighted by atomic mass is 10.1. The third kappa shape index (κ3) is 5.90. The molecule has 122 valence electrons. The van der Waals surface area contributed by atoms with E-state index in [-0.39, 0.29) is 24.7 Å². The number of allylic oxidation sites excluding steroid dienone is 1. The highest BCUT2D eigenvalue weighted by Gasteiger charge is 2.28. The molecule has 0 spiro atoms. The molecule has 1 aromatic carbocycles. The number of ether oxygens (including phenoxy) is 1. The molecule has 5 nitrogen and oxygen atoms in total. The normalized spacial score (nSPS) is 11.7. The molecule has 0 aliphatic carbocycles. The summed E-state index contributed by atoms with van der Waals surface area (Å²) >= 11 is 0. The maximum atomic E-state index is 12.2. The summed E-state index contributed by atoms with van der Waals surface area (Å²) in [6.45, 7) is 5.15. The van der Waals surface area contributed by atoms with E-state index in [2.05, 4.69) is 6.58 Å². The summed E-state index contributed by atoms with van der Waals surface area (Å²) in [5, 5.41) is 0. The van der Waals surface area contributed by atoms with Crippen LogP contribution in [0.4, 0.5) is 0 Å². The van der Waals surface area contributed by atoms with Crippen molar-refractivity contribution in [3.8, 4) is 0 Å². The van der Waals surface area contributed by atoms with Gasteiger partial charge in [0.1, 0.15) is 6.04 Å². The number of ketones is 1. The Morgan fingerprint density at radius 3 is 2.43 bits per heavy atom. The van der Waals surface area contributed by atoms with Gasteiger partial charge in [-0.15, -0.1) is 0 Å². The molecule has 0 unspecified atom stereocenters. The molecule has 0 saturated heterocycles. The standard InChI is InChI=1S/C18H21NO4/c1-4-17(21)19(13-15-10-6-5-7-11-15)16(18(22)23-3)12-8-9-14(2)20/h4-11,16H,1,12-13H2,2-3H3/b9-8+/t16-/m0/s1. The van der Waals surface area contributed by atoms with Crippen LogP contribution in [0.15, 0.2) is 55.1 Å². The molecule has 1 rings (SSSR count). The second-order valence-electron chi connectivity index (χ2n) is 4.94. The van der Waals surface area contributed by atoms with E-state index < -0.39 is 12.0 Å². The van der Waals surface area contributed by atoms with Crippen molar-refractivity contribution in [1.82, 2.24) is 4.90 Å². The number of hydrogen-bond acceptors (Lipinski definition) is 4. The van der Waals surface area contributed by atoms with E-state index in [0.717, 1.165) is 11.6 Å². The Labute approximate surface area is 136 Å². The summed E-state index contributed by atoms with van der Waals surface area (Å²) in [5.41, 5.74) is 0.882. The Morgan fingerprint density at radius 1 is 1.26 bits per heavy atom. The summed E-state index contributed by atoms with van der Waals surface area (Å²) in [7, 11) is 1.27. The highest BCUT2D eigenvalue weighted by atomic mass is 16.5. The van der Waals surface area contributed by atoms with Gasteiger partial charge in [0.05, 0.1) is 7.11 Å². The van der Waals surface area contributed by atoms with Crippen molar-refractivity contribution in [3.63, 3.8) is 0 Å².